The number of phosphoric ester groups is 1. The first-order chi connectivity index (χ1) is 9.00. The van der Waals surface area contributed by atoms with Crippen molar-refractivity contribution in [3.63, 3.8) is 0 Å². The summed E-state index contributed by atoms with van der Waals surface area (Å²) in [7, 11) is -3.66. The van der Waals surface area contributed by atoms with Gasteiger partial charge in [-0.25, -0.2) is 4.57 Å². The van der Waals surface area contributed by atoms with Crippen molar-refractivity contribution >= 4 is 19.4 Å². The van der Waals surface area contributed by atoms with Crippen LogP contribution in [0.4, 0.5) is 5.69 Å². The second kappa shape index (κ2) is 7.28. The molecular formula is C12H18NO5P. The molecule has 0 bridgehead atoms. The van der Waals surface area contributed by atoms with Crippen molar-refractivity contribution in [2.45, 2.75) is 20.8 Å². The minimum absolute atomic E-state index is 0.194. The first-order valence-electron chi connectivity index (χ1n) is 5.96. The molecule has 0 saturated heterocycles. The highest BCUT2D eigenvalue weighted by Crippen LogP contribution is 2.50. The van der Waals surface area contributed by atoms with Crippen LogP contribution in [0.2, 0.25) is 0 Å². The van der Waals surface area contributed by atoms with E-state index in [1.165, 1.54) is 6.92 Å². The molecule has 0 aromatic heterocycles. The molecule has 106 valence electrons. The van der Waals surface area contributed by atoms with Crippen LogP contribution in [0.1, 0.15) is 20.8 Å². The fourth-order valence-electron chi connectivity index (χ4n) is 1.37. The molecule has 1 rings (SSSR count). The van der Waals surface area contributed by atoms with E-state index in [-0.39, 0.29) is 24.9 Å². The van der Waals surface area contributed by atoms with Crippen LogP contribution < -0.4 is 9.84 Å². The average Bonchev–Trinajstić information content (AvgIpc) is 2.31. The van der Waals surface area contributed by atoms with Crippen LogP contribution in [0.5, 0.6) is 5.75 Å². The maximum absolute atomic E-state index is 12.2. The number of hydrogen-bond donors (Lipinski definition) is 1. The summed E-state index contributed by atoms with van der Waals surface area (Å²) in [6, 6.07) is 6.64. The third-order valence-electron chi connectivity index (χ3n) is 1.98. The van der Waals surface area contributed by atoms with E-state index in [1.54, 1.807) is 38.1 Å². The third kappa shape index (κ3) is 5.03. The van der Waals surface area contributed by atoms with Crippen molar-refractivity contribution in [1.82, 2.24) is 0 Å². The van der Waals surface area contributed by atoms with Gasteiger partial charge in [-0.15, -0.1) is 0 Å². The van der Waals surface area contributed by atoms with Crippen molar-refractivity contribution in [2.24, 2.45) is 0 Å². The number of para-hydroxylation sites is 2. The quantitative estimate of drug-likeness (QED) is 0.779. The molecule has 0 saturated carbocycles. The molecule has 19 heavy (non-hydrogen) atoms. The molecule has 6 nitrogen and oxygen atoms in total. The summed E-state index contributed by atoms with van der Waals surface area (Å²) < 4.78 is 27.6. The Morgan fingerprint density at radius 3 is 2.32 bits per heavy atom. The van der Waals surface area contributed by atoms with Gasteiger partial charge in [-0.1, -0.05) is 12.1 Å². The average molecular weight is 287 g/mol. The SMILES string of the molecule is CCOP(=O)(OCC)Oc1ccccc1NC(C)=O. The van der Waals surface area contributed by atoms with Crippen molar-refractivity contribution in [3.8, 4) is 5.75 Å². The zero-order chi connectivity index (χ0) is 14.3. The highest BCUT2D eigenvalue weighted by molar-refractivity contribution is 7.48. The first-order valence-corrected chi connectivity index (χ1v) is 7.42. The van der Waals surface area contributed by atoms with Gasteiger partial charge in [0.15, 0.2) is 5.75 Å². The van der Waals surface area contributed by atoms with Gasteiger partial charge < -0.3 is 9.84 Å². The maximum atomic E-state index is 12.2. The molecule has 0 aliphatic heterocycles. The van der Waals surface area contributed by atoms with Gasteiger partial charge in [-0.3, -0.25) is 13.8 Å². The number of benzene rings is 1. The van der Waals surface area contributed by atoms with Crippen LogP contribution in [0.3, 0.4) is 0 Å². The highest BCUT2D eigenvalue weighted by atomic mass is 31.2. The van der Waals surface area contributed by atoms with Crippen molar-refractivity contribution in [3.05, 3.63) is 24.3 Å². The van der Waals surface area contributed by atoms with Gasteiger partial charge in [0.2, 0.25) is 5.91 Å². The van der Waals surface area contributed by atoms with Crippen LogP contribution in [0.25, 0.3) is 0 Å². The van der Waals surface area contributed by atoms with Gasteiger partial charge in [0, 0.05) is 6.92 Å². The van der Waals surface area contributed by atoms with E-state index in [0.29, 0.717) is 5.69 Å². The molecule has 0 spiro atoms. The minimum Gasteiger partial charge on any atom is -0.402 e. The maximum Gasteiger partial charge on any atom is 0.530 e. The van der Waals surface area contributed by atoms with Gasteiger partial charge >= 0.3 is 7.82 Å². The van der Waals surface area contributed by atoms with Gasteiger partial charge in [0.25, 0.3) is 0 Å². The van der Waals surface area contributed by atoms with E-state index in [9.17, 15) is 9.36 Å². The molecular weight excluding hydrogens is 269 g/mol. The second-order valence-electron chi connectivity index (χ2n) is 3.55. The summed E-state index contributed by atoms with van der Waals surface area (Å²) in [5.41, 5.74) is 0.412. The van der Waals surface area contributed by atoms with Gasteiger partial charge in [-0.05, 0) is 26.0 Å². The lowest BCUT2D eigenvalue weighted by atomic mass is 10.3. The molecule has 0 unspecified atom stereocenters. The van der Waals surface area contributed by atoms with E-state index < -0.39 is 7.82 Å². The monoisotopic (exact) mass is 287 g/mol. The highest BCUT2D eigenvalue weighted by Gasteiger charge is 2.28. The molecule has 0 aliphatic rings. The lowest BCUT2D eigenvalue weighted by molar-refractivity contribution is -0.114. The minimum atomic E-state index is -3.66. The molecule has 0 fully saturated rings. The Labute approximate surface area is 112 Å². The van der Waals surface area contributed by atoms with Crippen LogP contribution in [0, 0.1) is 0 Å². The zero-order valence-corrected chi connectivity index (χ0v) is 12.1. The molecule has 0 radical (unpaired) electrons. The summed E-state index contributed by atoms with van der Waals surface area (Å²) >= 11 is 0. The predicted molar refractivity (Wildman–Crippen MR) is 72.2 cm³/mol. The van der Waals surface area contributed by atoms with Crippen molar-refractivity contribution < 1.29 is 22.9 Å². The molecule has 1 aromatic rings. The Kier molecular flexibility index (Phi) is 6.02. The fraction of sp³-hybridized carbons (Fsp3) is 0.417. The number of rotatable bonds is 7. The molecule has 0 aliphatic carbocycles. The molecule has 0 atom stereocenters. The zero-order valence-electron chi connectivity index (χ0n) is 11.2. The van der Waals surface area contributed by atoms with Gasteiger partial charge in [-0.2, -0.15) is 0 Å². The van der Waals surface area contributed by atoms with Crippen LogP contribution in [0.15, 0.2) is 24.3 Å². The number of nitrogens with one attached hydrogen (secondary N) is 1. The van der Waals surface area contributed by atoms with Gasteiger partial charge in [0.05, 0.1) is 18.9 Å². The van der Waals surface area contributed by atoms with Crippen molar-refractivity contribution in [2.75, 3.05) is 18.5 Å². The van der Waals surface area contributed by atoms with E-state index in [1.807, 2.05) is 0 Å². The normalized spacial score (nSPS) is 11.1. The van der Waals surface area contributed by atoms with E-state index in [4.69, 9.17) is 13.6 Å². The van der Waals surface area contributed by atoms with E-state index in [0.717, 1.165) is 0 Å². The standard InChI is InChI=1S/C12H18NO5P/c1-4-16-19(15,17-5-2)18-12-9-7-6-8-11(12)13-10(3)14/h6-9H,4-5H2,1-3H3,(H,13,14). The molecule has 1 amide bonds. The molecule has 1 aromatic carbocycles. The van der Waals surface area contributed by atoms with Crippen molar-refractivity contribution in [1.29, 1.82) is 0 Å². The largest absolute Gasteiger partial charge is 0.530 e. The van der Waals surface area contributed by atoms with E-state index in [2.05, 4.69) is 5.32 Å². The van der Waals surface area contributed by atoms with Crippen LogP contribution in [-0.2, 0) is 18.4 Å². The smallest absolute Gasteiger partial charge is 0.402 e. The number of amides is 1. The Morgan fingerprint density at radius 2 is 1.79 bits per heavy atom. The van der Waals surface area contributed by atoms with E-state index >= 15 is 0 Å². The Bertz CT molecular complexity index is 467. The molecule has 7 heteroatoms. The van der Waals surface area contributed by atoms with Crippen LogP contribution in [-0.4, -0.2) is 19.1 Å². The fourth-order valence-corrected chi connectivity index (χ4v) is 2.58. The lowest BCUT2D eigenvalue weighted by Gasteiger charge is -2.18. The summed E-state index contributed by atoms with van der Waals surface area (Å²) in [5.74, 6) is -0.0124. The predicted octanol–water partition coefficient (Wildman–Crippen LogP) is 3.20. The number of phosphoric acid groups is 1. The summed E-state index contributed by atoms with van der Waals surface area (Å²) in [6.45, 7) is 5.14. The van der Waals surface area contributed by atoms with Crippen LogP contribution >= 0.6 is 7.82 Å². The first kappa shape index (κ1) is 15.7. The molecule has 0 heterocycles. The second-order valence-corrected chi connectivity index (χ2v) is 5.14. The number of hydrogen-bond acceptors (Lipinski definition) is 5. The topological polar surface area (TPSA) is 73.9 Å². The summed E-state index contributed by atoms with van der Waals surface area (Å²) in [4.78, 5) is 11.1. The number of carbonyl (C=O) groups excluding carboxylic acids is 1. The third-order valence-corrected chi connectivity index (χ3v) is 3.55. The molecule has 1 N–H and O–H groups in total. The lowest BCUT2D eigenvalue weighted by Crippen LogP contribution is -2.08. The summed E-state index contributed by atoms with van der Waals surface area (Å²) in [6.07, 6.45) is 0. The Morgan fingerprint density at radius 1 is 1.21 bits per heavy atom. The number of carbonyl (C=O) groups is 1. The van der Waals surface area contributed by atoms with Gasteiger partial charge in [0.1, 0.15) is 0 Å². The number of anilines is 1. The summed E-state index contributed by atoms with van der Waals surface area (Å²) in [5, 5.41) is 2.58. The Hall–Kier alpha value is -1.36. The Balaban J connectivity index is 2.96.